The number of anilines is 2. The number of nitrogens with one attached hydrogen (secondary N) is 2. The molecular formula is C19H18N4O. The Hall–Kier alpha value is -3.21. The summed E-state index contributed by atoms with van der Waals surface area (Å²) in [6, 6.07) is 17.7. The van der Waals surface area contributed by atoms with E-state index in [2.05, 4.69) is 20.6 Å². The maximum absolute atomic E-state index is 12.1. The van der Waals surface area contributed by atoms with Gasteiger partial charge in [-0.05, 0) is 24.6 Å². The van der Waals surface area contributed by atoms with Gasteiger partial charge >= 0.3 is 0 Å². The highest BCUT2D eigenvalue weighted by molar-refractivity contribution is 5.92. The van der Waals surface area contributed by atoms with Gasteiger partial charge in [0.05, 0.1) is 12.4 Å². The SMILES string of the molecule is Cc1cccc(CNC(=O)c2cnc(Nc3ccccc3)cn2)c1. The average Bonchev–Trinajstić information content (AvgIpc) is 2.61. The highest BCUT2D eigenvalue weighted by atomic mass is 16.1. The number of carbonyl (C=O) groups is 1. The molecule has 2 aromatic carbocycles. The zero-order valence-corrected chi connectivity index (χ0v) is 13.4. The minimum absolute atomic E-state index is 0.240. The molecule has 120 valence electrons. The Morgan fingerprint density at radius 1 is 1.00 bits per heavy atom. The van der Waals surface area contributed by atoms with E-state index in [1.165, 1.54) is 6.20 Å². The van der Waals surface area contributed by atoms with Crippen molar-refractivity contribution in [2.45, 2.75) is 13.5 Å². The third-order valence-electron chi connectivity index (χ3n) is 3.47. The van der Waals surface area contributed by atoms with E-state index < -0.39 is 0 Å². The molecule has 3 aromatic rings. The van der Waals surface area contributed by atoms with E-state index in [1.807, 2.05) is 61.5 Å². The molecule has 0 fully saturated rings. The second kappa shape index (κ2) is 7.37. The number of benzene rings is 2. The molecule has 0 saturated heterocycles. The molecule has 1 heterocycles. The fourth-order valence-corrected chi connectivity index (χ4v) is 2.27. The van der Waals surface area contributed by atoms with Crippen molar-refractivity contribution in [1.29, 1.82) is 0 Å². The summed E-state index contributed by atoms with van der Waals surface area (Å²) in [5.41, 5.74) is 3.43. The predicted octanol–water partition coefficient (Wildman–Crippen LogP) is 3.46. The van der Waals surface area contributed by atoms with Crippen molar-refractivity contribution in [2.24, 2.45) is 0 Å². The van der Waals surface area contributed by atoms with Crippen LogP contribution in [0.1, 0.15) is 21.6 Å². The molecule has 1 amide bonds. The molecule has 1 aromatic heterocycles. The number of rotatable bonds is 5. The monoisotopic (exact) mass is 318 g/mol. The van der Waals surface area contributed by atoms with Crippen LogP contribution in [0.5, 0.6) is 0 Å². The molecule has 0 atom stereocenters. The van der Waals surface area contributed by atoms with Crippen LogP contribution in [-0.2, 0) is 6.54 Å². The molecule has 0 aliphatic carbocycles. The minimum atomic E-state index is -0.240. The molecule has 0 saturated carbocycles. The summed E-state index contributed by atoms with van der Waals surface area (Å²) in [7, 11) is 0. The first-order valence-corrected chi connectivity index (χ1v) is 7.68. The number of carbonyl (C=O) groups excluding carboxylic acids is 1. The first-order valence-electron chi connectivity index (χ1n) is 7.68. The van der Waals surface area contributed by atoms with E-state index in [0.29, 0.717) is 18.1 Å². The maximum atomic E-state index is 12.1. The normalized spacial score (nSPS) is 10.2. The van der Waals surface area contributed by atoms with Gasteiger partial charge < -0.3 is 10.6 Å². The highest BCUT2D eigenvalue weighted by Crippen LogP contribution is 2.12. The van der Waals surface area contributed by atoms with E-state index in [4.69, 9.17) is 0 Å². The number of para-hydroxylation sites is 1. The summed E-state index contributed by atoms with van der Waals surface area (Å²) in [6.45, 7) is 2.49. The third kappa shape index (κ3) is 4.16. The highest BCUT2D eigenvalue weighted by Gasteiger charge is 2.08. The smallest absolute Gasteiger partial charge is 0.271 e. The van der Waals surface area contributed by atoms with Crippen LogP contribution >= 0.6 is 0 Å². The fraction of sp³-hybridized carbons (Fsp3) is 0.105. The number of amides is 1. The van der Waals surface area contributed by atoms with Crippen LogP contribution in [0.4, 0.5) is 11.5 Å². The Bertz CT molecular complexity index is 816. The number of hydrogen-bond acceptors (Lipinski definition) is 4. The molecule has 2 N–H and O–H groups in total. The van der Waals surface area contributed by atoms with Gasteiger partial charge in [-0.25, -0.2) is 9.97 Å². The van der Waals surface area contributed by atoms with Gasteiger partial charge in [0.2, 0.25) is 0 Å². The lowest BCUT2D eigenvalue weighted by Gasteiger charge is -2.07. The van der Waals surface area contributed by atoms with Crippen molar-refractivity contribution in [1.82, 2.24) is 15.3 Å². The van der Waals surface area contributed by atoms with Crippen LogP contribution in [-0.4, -0.2) is 15.9 Å². The van der Waals surface area contributed by atoms with Gasteiger partial charge in [0.25, 0.3) is 5.91 Å². The van der Waals surface area contributed by atoms with Gasteiger partial charge in [-0.15, -0.1) is 0 Å². The molecule has 5 heteroatoms. The van der Waals surface area contributed by atoms with Crippen molar-refractivity contribution in [3.8, 4) is 0 Å². The van der Waals surface area contributed by atoms with Crippen LogP contribution in [0.3, 0.4) is 0 Å². The lowest BCUT2D eigenvalue weighted by molar-refractivity contribution is 0.0945. The number of aromatic nitrogens is 2. The van der Waals surface area contributed by atoms with Crippen molar-refractivity contribution >= 4 is 17.4 Å². The number of nitrogens with zero attached hydrogens (tertiary/aromatic N) is 2. The molecule has 0 radical (unpaired) electrons. The Morgan fingerprint density at radius 2 is 1.83 bits per heavy atom. The van der Waals surface area contributed by atoms with Gasteiger partial charge in [0.15, 0.2) is 0 Å². The molecular weight excluding hydrogens is 300 g/mol. The van der Waals surface area contributed by atoms with Crippen molar-refractivity contribution in [3.05, 3.63) is 83.8 Å². The fourth-order valence-electron chi connectivity index (χ4n) is 2.27. The molecule has 0 spiro atoms. The Kier molecular flexibility index (Phi) is 4.81. The number of aryl methyl sites for hydroxylation is 1. The molecule has 5 nitrogen and oxygen atoms in total. The van der Waals surface area contributed by atoms with E-state index >= 15 is 0 Å². The first-order chi connectivity index (χ1) is 11.7. The Labute approximate surface area is 140 Å². The number of hydrogen-bond donors (Lipinski definition) is 2. The second-order valence-corrected chi connectivity index (χ2v) is 5.45. The second-order valence-electron chi connectivity index (χ2n) is 5.45. The molecule has 0 unspecified atom stereocenters. The van der Waals surface area contributed by atoms with Gasteiger partial charge in [0, 0.05) is 12.2 Å². The van der Waals surface area contributed by atoms with Crippen molar-refractivity contribution < 1.29 is 4.79 Å². The summed E-state index contributed by atoms with van der Waals surface area (Å²) in [5.74, 6) is 0.353. The Morgan fingerprint density at radius 3 is 2.54 bits per heavy atom. The third-order valence-corrected chi connectivity index (χ3v) is 3.47. The molecule has 3 rings (SSSR count). The predicted molar refractivity (Wildman–Crippen MR) is 94.1 cm³/mol. The topological polar surface area (TPSA) is 66.9 Å². The zero-order valence-electron chi connectivity index (χ0n) is 13.4. The van der Waals surface area contributed by atoms with E-state index in [1.54, 1.807) is 6.20 Å². The molecule has 0 bridgehead atoms. The van der Waals surface area contributed by atoms with Crippen LogP contribution in [0.2, 0.25) is 0 Å². The van der Waals surface area contributed by atoms with Gasteiger partial charge in [0.1, 0.15) is 11.5 Å². The van der Waals surface area contributed by atoms with Crippen LogP contribution in [0, 0.1) is 6.92 Å². The lowest BCUT2D eigenvalue weighted by atomic mass is 10.1. The van der Waals surface area contributed by atoms with Crippen molar-refractivity contribution in [3.63, 3.8) is 0 Å². The largest absolute Gasteiger partial charge is 0.347 e. The van der Waals surface area contributed by atoms with E-state index in [9.17, 15) is 4.79 Å². The molecule has 24 heavy (non-hydrogen) atoms. The zero-order chi connectivity index (χ0) is 16.8. The Balaban J connectivity index is 1.59. The minimum Gasteiger partial charge on any atom is -0.347 e. The van der Waals surface area contributed by atoms with Crippen LogP contribution in [0.15, 0.2) is 67.0 Å². The lowest BCUT2D eigenvalue weighted by Crippen LogP contribution is -2.24. The molecule has 0 aliphatic rings. The van der Waals surface area contributed by atoms with E-state index in [-0.39, 0.29) is 5.91 Å². The first kappa shape index (κ1) is 15.7. The summed E-state index contributed by atoms with van der Waals surface area (Å²) in [4.78, 5) is 20.5. The van der Waals surface area contributed by atoms with Crippen molar-refractivity contribution in [2.75, 3.05) is 5.32 Å². The standard InChI is InChI=1S/C19H18N4O/c1-14-6-5-7-15(10-14)11-22-19(24)17-12-21-18(13-20-17)23-16-8-3-2-4-9-16/h2-10,12-13H,11H2,1H3,(H,21,23)(H,22,24). The maximum Gasteiger partial charge on any atom is 0.271 e. The van der Waals surface area contributed by atoms with Gasteiger partial charge in [-0.1, -0.05) is 48.0 Å². The average molecular weight is 318 g/mol. The van der Waals surface area contributed by atoms with Gasteiger partial charge in [-0.2, -0.15) is 0 Å². The van der Waals surface area contributed by atoms with E-state index in [0.717, 1.165) is 16.8 Å². The summed E-state index contributed by atoms with van der Waals surface area (Å²) < 4.78 is 0. The summed E-state index contributed by atoms with van der Waals surface area (Å²) >= 11 is 0. The quantitative estimate of drug-likeness (QED) is 0.756. The summed E-state index contributed by atoms with van der Waals surface area (Å²) in [5, 5.41) is 5.98. The molecule has 0 aliphatic heterocycles. The summed E-state index contributed by atoms with van der Waals surface area (Å²) in [6.07, 6.45) is 3.02. The van der Waals surface area contributed by atoms with Crippen LogP contribution < -0.4 is 10.6 Å². The van der Waals surface area contributed by atoms with Gasteiger partial charge in [-0.3, -0.25) is 4.79 Å². The van der Waals surface area contributed by atoms with Crippen LogP contribution in [0.25, 0.3) is 0 Å².